The van der Waals surface area contributed by atoms with Gasteiger partial charge in [0.25, 0.3) is 0 Å². The van der Waals surface area contributed by atoms with Gasteiger partial charge in [0.2, 0.25) is 0 Å². The van der Waals surface area contributed by atoms with Crippen molar-refractivity contribution in [3.63, 3.8) is 0 Å². The molecule has 0 aliphatic heterocycles. The van der Waals surface area contributed by atoms with E-state index < -0.39 is 11.9 Å². The topological polar surface area (TPSA) is 63.6 Å². The third-order valence-corrected chi connectivity index (χ3v) is 3.32. The maximum Gasteiger partial charge on any atom is 0.338 e. The lowest BCUT2D eigenvalue weighted by molar-refractivity contribution is 0.0601. The normalized spacial score (nSPS) is 10.2. The molecule has 0 saturated heterocycles. The first kappa shape index (κ1) is 14.8. The van der Waals surface area contributed by atoms with Gasteiger partial charge in [-0.15, -0.1) is 0 Å². The molecule has 0 aliphatic carbocycles. The van der Waals surface area contributed by atoms with Gasteiger partial charge >= 0.3 is 11.9 Å². The summed E-state index contributed by atoms with van der Waals surface area (Å²) in [6.07, 6.45) is 0.830. The van der Waals surface area contributed by atoms with Crippen LogP contribution in [0.5, 0.6) is 0 Å². The summed E-state index contributed by atoms with van der Waals surface area (Å²) in [5.74, 6) is -1.62. The standard InChI is InChI=1S/C17H16O4/c1-3-11-6-4-7-12(10-11)15-13(16(18)19)8-5-9-14(15)17(20)21-2/h4-10H,3H2,1-2H3,(H,18,19). The maximum absolute atomic E-state index is 11.9. The van der Waals surface area contributed by atoms with Crippen LogP contribution in [0.15, 0.2) is 42.5 Å². The van der Waals surface area contributed by atoms with E-state index in [1.54, 1.807) is 18.2 Å². The van der Waals surface area contributed by atoms with E-state index in [2.05, 4.69) is 0 Å². The van der Waals surface area contributed by atoms with Gasteiger partial charge in [0.15, 0.2) is 0 Å². The van der Waals surface area contributed by atoms with E-state index in [0.717, 1.165) is 12.0 Å². The number of hydrogen-bond acceptors (Lipinski definition) is 3. The molecule has 0 saturated carbocycles. The Bertz CT molecular complexity index is 689. The first-order valence-corrected chi connectivity index (χ1v) is 6.62. The number of carboxylic acid groups (broad SMARTS) is 1. The van der Waals surface area contributed by atoms with E-state index in [0.29, 0.717) is 11.1 Å². The molecule has 2 aromatic rings. The van der Waals surface area contributed by atoms with E-state index in [-0.39, 0.29) is 11.1 Å². The average Bonchev–Trinajstić information content (AvgIpc) is 2.53. The SMILES string of the molecule is CCc1cccc(-c2c(C(=O)O)cccc2C(=O)OC)c1. The number of carboxylic acids is 1. The van der Waals surface area contributed by atoms with Crippen LogP contribution in [-0.2, 0) is 11.2 Å². The number of aryl methyl sites for hydroxylation is 1. The van der Waals surface area contributed by atoms with Crippen LogP contribution in [-0.4, -0.2) is 24.2 Å². The summed E-state index contributed by atoms with van der Waals surface area (Å²) >= 11 is 0. The fraction of sp³-hybridized carbons (Fsp3) is 0.176. The van der Waals surface area contributed by atoms with Crippen LogP contribution >= 0.6 is 0 Å². The van der Waals surface area contributed by atoms with Gasteiger partial charge in [0.1, 0.15) is 0 Å². The Hall–Kier alpha value is -2.62. The van der Waals surface area contributed by atoms with Gasteiger partial charge in [-0.2, -0.15) is 0 Å². The minimum absolute atomic E-state index is 0.0890. The smallest absolute Gasteiger partial charge is 0.338 e. The highest BCUT2D eigenvalue weighted by atomic mass is 16.5. The number of benzene rings is 2. The number of carbonyl (C=O) groups excluding carboxylic acids is 1. The Balaban J connectivity index is 2.74. The van der Waals surface area contributed by atoms with Crippen molar-refractivity contribution >= 4 is 11.9 Å². The number of hydrogen-bond donors (Lipinski definition) is 1. The molecule has 4 heteroatoms. The molecule has 21 heavy (non-hydrogen) atoms. The van der Waals surface area contributed by atoms with Crippen LogP contribution in [0.1, 0.15) is 33.2 Å². The Morgan fingerprint density at radius 2 is 1.76 bits per heavy atom. The van der Waals surface area contributed by atoms with Crippen LogP contribution in [0.2, 0.25) is 0 Å². The number of rotatable bonds is 4. The van der Waals surface area contributed by atoms with Crippen LogP contribution in [0, 0.1) is 0 Å². The molecule has 1 N–H and O–H groups in total. The molecule has 2 aromatic carbocycles. The molecule has 0 aliphatic rings. The monoisotopic (exact) mass is 284 g/mol. The highest BCUT2D eigenvalue weighted by molar-refractivity contribution is 6.05. The van der Waals surface area contributed by atoms with Crippen molar-refractivity contribution in [3.8, 4) is 11.1 Å². The third-order valence-electron chi connectivity index (χ3n) is 3.32. The van der Waals surface area contributed by atoms with E-state index in [4.69, 9.17) is 4.74 Å². The molecule has 0 amide bonds. The van der Waals surface area contributed by atoms with E-state index in [1.165, 1.54) is 13.2 Å². The van der Waals surface area contributed by atoms with Crippen molar-refractivity contribution in [2.75, 3.05) is 7.11 Å². The Kier molecular flexibility index (Phi) is 4.38. The summed E-state index contributed by atoms with van der Waals surface area (Å²) in [4.78, 5) is 23.4. The fourth-order valence-corrected chi connectivity index (χ4v) is 2.27. The second kappa shape index (κ2) is 6.22. The van der Waals surface area contributed by atoms with Crippen molar-refractivity contribution in [1.29, 1.82) is 0 Å². The number of ether oxygens (including phenoxy) is 1. The van der Waals surface area contributed by atoms with E-state index >= 15 is 0 Å². The van der Waals surface area contributed by atoms with Gasteiger partial charge in [-0.05, 0) is 29.7 Å². The molecule has 0 heterocycles. The summed E-state index contributed by atoms with van der Waals surface area (Å²) in [6.45, 7) is 2.02. The van der Waals surface area contributed by atoms with Crippen molar-refractivity contribution in [3.05, 3.63) is 59.2 Å². The molecule has 0 fully saturated rings. The van der Waals surface area contributed by atoms with Crippen molar-refractivity contribution in [2.24, 2.45) is 0 Å². The molecular formula is C17H16O4. The lowest BCUT2D eigenvalue weighted by atomic mass is 9.93. The second-order valence-corrected chi connectivity index (χ2v) is 4.58. The van der Waals surface area contributed by atoms with Crippen LogP contribution in [0.4, 0.5) is 0 Å². The van der Waals surface area contributed by atoms with Gasteiger partial charge in [-0.3, -0.25) is 0 Å². The summed E-state index contributed by atoms with van der Waals surface area (Å²) in [5, 5.41) is 9.38. The second-order valence-electron chi connectivity index (χ2n) is 4.58. The zero-order valence-corrected chi connectivity index (χ0v) is 11.9. The minimum atomic E-state index is -1.07. The first-order chi connectivity index (χ1) is 10.1. The van der Waals surface area contributed by atoms with Crippen LogP contribution < -0.4 is 0 Å². The van der Waals surface area contributed by atoms with E-state index in [1.807, 2.05) is 25.1 Å². The van der Waals surface area contributed by atoms with E-state index in [9.17, 15) is 14.7 Å². The molecule has 4 nitrogen and oxygen atoms in total. The molecule has 0 aromatic heterocycles. The van der Waals surface area contributed by atoms with Gasteiger partial charge in [-0.1, -0.05) is 37.3 Å². The quantitative estimate of drug-likeness (QED) is 0.874. The molecular weight excluding hydrogens is 268 g/mol. The fourth-order valence-electron chi connectivity index (χ4n) is 2.27. The number of aromatic carboxylic acids is 1. The molecule has 0 radical (unpaired) electrons. The lowest BCUT2D eigenvalue weighted by Gasteiger charge is -2.12. The van der Waals surface area contributed by atoms with Crippen molar-refractivity contribution in [2.45, 2.75) is 13.3 Å². The number of methoxy groups -OCH3 is 1. The average molecular weight is 284 g/mol. The molecule has 0 spiro atoms. The van der Waals surface area contributed by atoms with Crippen LogP contribution in [0.3, 0.4) is 0 Å². The van der Waals surface area contributed by atoms with Crippen molar-refractivity contribution < 1.29 is 19.4 Å². The third kappa shape index (κ3) is 2.94. The molecule has 0 atom stereocenters. The van der Waals surface area contributed by atoms with Crippen molar-refractivity contribution in [1.82, 2.24) is 0 Å². The summed E-state index contributed by atoms with van der Waals surface area (Å²) < 4.78 is 4.76. The Labute approximate surface area is 123 Å². The number of esters is 1. The highest BCUT2D eigenvalue weighted by Crippen LogP contribution is 2.29. The summed E-state index contributed by atoms with van der Waals surface area (Å²) in [5.41, 5.74) is 2.51. The van der Waals surface area contributed by atoms with Gasteiger partial charge in [-0.25, -0.2) is 9.59 Å². The zero-order chi connectivity index (χ0) is 15.4. The maximum atomic E-state index is 11.9. The summed E-state index contributed by atoms with van der Waals surface area (Å²) in [6, 6.07) is 12.1. The van der Waals surface area contributed by atoms with Gasteiger partial charge < -0.3 is 9.84 Å². The molecule has 2 rings (SSSR count). The minimum Gasteiger partial charge on any atom is -0.478 e. The molecule has 108 valence electrons. The number of carbonyl (C=O) groups is 2. The Morgan fingerprint density at radius 3 is 2.38 bits per heavy atom. The predicted octanol–water partition coefficient (Wildman–Crippen LogP) is 3.40. The predicted molar refractivity (Wildman–Crippen MR) is 79.6 cm³/mol. The molecule has 0 unspecified atom stereocenters. The molecule has 0 bridgehead atoms. The highest BCUT2D eigenvalue weighted by Gasteiger charge is 2.20. The summed E-state index contributed by atoms with van der Waals surface area (Å²) in [7, 11) is 1.28. The van der Waals surface area contributed by atoms with Gasteiger partial charge in [0.05, 0.1) is 18.2 Å². The van der Waals surface area contributed by atoms with Gasteiger partial charge in [0, 0.05) is 5.56 Å². The lowest BCUT2D eigenvalue weighted by Crippen LogP contribution is -2.08. The van der Waals surface area contributed by atoms with Crippen LogP contribution in [0.25, 0.3) is 11.1 Å². The first-order valence-electron chi connectivity index (χ1n) is 6.62. The Morgan fingerprint density at radius 1 is 1.10 bits per heavy atom. The largest absolute Gasteiger partial charge is 0.478 e. The zero-order valence-electron chi connectivity index (χ0n) is 11.9.